The lowest BCUT2D eigenvalue weighted by molar-refractivity contribution is 0.863. The summed E-state index contributed by atoms with van der Waals surface area (Å²) in [5, 5.41) is 15.0. The maximum atomic E-state index is 12.5. The molecule has 0 bridgehead atoms. The van der Waals surface area contributed by atoms with E-state index in [1.54, 1.807) is 35.9 Å². The van der Waals surface area contributed by atoms with Crippen LogP contribution in [0.1, 0.15) is 17.1 Å². The van der Waals surface area contributed by atoms with Crippen LogP contribution in [0.5, 0.6) is 0 Å². The smallest absolute Gasteiger partial charge is 0.259 e. The van der Waals surface area contributed by atoms with Gasteiger partial charge in [0, 0.05) is 10.0 Å². The molecule has 0 aliphatic carbocycles. The van der Waals surface area contributed by atoms with Crippen LogP contribution in [0.15, 0.2) is 57.8 Å². The highest BCUT2D eigenvalue weighted by molar-refractivity contribution is 9.10. The van der Waals surface area contributed by atoms with Crippen molar-refractivity contribution in [3.05, 3.63) is 85.6 Å². The van der Waals surface area contributed by atoms with Gasteiger partial charge < -0.3 is 4.98 Å². The molecule has 29 heavy (non-hydrogen) atoms. The molecule has 4 rings (SSSR count). The number of rotatable bonds is 3. The number of aromatic nitrogens is 4. The second-order valence-electron chi connectivity index (χ2n) is 6.28. The first kappa shape index (κ1) is 19.1. The minimum atomic E-state index is -0.324. The number of benzene rings is 2. The van der Waals surface area contributed by atoms with Crippen LogP contribution < -0.4 is 5.56 Å². The SMILES string of the molecule is Cc1nn(-c2ccccc2)c(Cl)c1C=C(C#N)c1nc2ccc(Br)cc2c(=O)[nH]1. The topological polar surface area (TPSA) is 87.4 Å². The summed E-state index contributed by atoms with van der Waals surface area (Å²) in [6, 6.07) is 16.8. The summed E-state index contributed by atoms with van der Waals surface area (Å²) < 4.78 is 2.38. The van der Waals surface area contributed by atoms with Crippen LogP contribution in [0.4, 0.5) is 0 Å². The number of aromatic amines is 1. The number of aryl methyl sites for hydroxylation is 1. The number of para-hydroxylation sites is 1. The summed E-state index contributed by atoms with van der Waals surface area (Å²) in [7, 11) is 0. The van der Waals surface area contributed by atoms with Gasteiger partial charge in [0.1, 0.15) is 11.2 Å². The molecule has 8 heteroatoms. The van der Waals surface area contributed by atoms with Gasteiger partial charge in [0.15, 0.2) is 5.82 Å². The minimum Gasteiger partial charge on any atom is -0.305 e. The fraction of sp³-hybridized carbons (Fsp3) is 0.0476. The van der Waals surface area contributed by atoms with Gasteiger partial charge in [-0.15, -0.1) is 0 Å². The first-order chi connectivity index (χ1) is 14.0. The van der Waals surface area contributed by atoms with Gasteiger partial charge in [-0.2, -0.15) is 10.4 Å². The van der Waals surface area contributed by atoms with E-state index >= 15 is 0 Å². The highest BCUT2D eigenvalue weighted by Gasteiger charge is 2.16. The molecule has 0 aliphatic heterocycles. The summed E-state index contributed by atoms with van der Waals surface area (Å²) in [6.45, 7) is 1.81. The number of fused-ring (bicyclic) bond motifs is 1. The molecule has 2 aromatic heterocycles. The normalized spacial score (nSPS) is 11.6. The van der Waals surface area contributed by atoms with Gasteiger partial charge in [-0.05, 0) is 43.3 Å². The molecule has 0 unspecified atom stereocenters. The lowest BCUT2D eigenvalue weighted by Gasteiger charge is -2.03. The van der Waals surface area contributed by atoms with Crippen molar-refractivity contribution in [3.63, 3.8) is 0 Å². The van der Waals surface area contributed by atoms with Gasteiger partial charge in [0.2, 0.25) is 0 Å². The Labute approximate surface area is 179 Å². The molecule has 2 heterocycles. The van der Waals surface area contributed by atoms with Crippen LogP contribution in [0.3, 0.4) is 0 Å². The number of hydrogen-bond donors (Lipinski definition) is 1. The summed E-state index contributed by atoms with van der Waals surface area (Å²) in [5.74, 6) is 0.176. The molecule has 6 nitrogen and oxygen atoms in total. The van der Waals surface area contributed by atoms with E-state index in [4.69, 9.17) is 11.6 Å². The van der Waals surface area contributed by atoms with E-state index < -0.39 is 0 Å². The number of nitrogens with one attached hydrogen (secondary N) is 1. The molecule has 0 spiro atoms. The Morgan fingerprint density at radius 1 is 1.28 bits per heavy atom. The Morgan fingerprint density at radius 2 is 2.03 bits per heavy atom. The van der Waals surface area contributed by atoms with E-state index in [1.165, 1.54) is 0 Å². The molecule has 0 saturated carbocycles. The van der Waals surface area contributed by atoms with Gasteiger partial charge in [-0.25, -0.2) is 9.67 Å². The molecule has 0 aliphatic rings. The van der Waals surface area contributed by atoms with Gasteiger partial charge in [-0.1, -0.05) is 45.7 Å². The first-order valence-corrected chi connectivity index (χ1v) is 9.77. The zero-order chi connectivity index (χ0) is 20.5. The van der Waals surface area contributed by atoms with E-state index in [0.29, 0.717) is 27.3 Å². The van der Waals surface area contributed by atoms with Gasteiger partial charge in [-0.3, -0.25) is 4.79 Å². The molecule has 1 N–H and O–H groups in total. The highest BCUT2D eigenvalue weighted by Crippen LogP contribution is 2.27. The summed E-state index contributed by atoms with van der Waals surface area (Å²) >= 11 is 9.89. The summed E-state index contributed by atoms with van der Waals surface area (Å²) in [6.07, 6.45) is 1.59. The largest absolute Gasteiger partial charge is 0.305 e. The second-order valence-corrected chi connectivity index (χ2v) is 7.56. The van der Waals surface area contributed by atoms with Crippen molar-refractivity contribution in [2.24, 2.45) is 0 Å². The van der Waals surface area contributed by atoms with Gasteiger partial charge in [0.25, 0.3) is 5.56 Å². The van der Waals surface area contributed by atoms with Crippen LogP contribution in [0.2, 0.25) is 5.15 Å². The Morgan fingerprint density at radius 3 is 2.76 bits per heavy atom. The standard InChI is InChI=1S/C21H13BrClN5O/c1-12-16(19(23)28(27-12)15-5-3-2-4-6-15)9-13(11-24)20-25-18-8-7-14(22)10-17(18)21(29)26-20/h2-10H,1H3,(H,25,26,29). The van der Waals surface area contributed by atoms with Crippen molar-refractivity contribution in [1.29, 1.82) is 5.26 Å². The Bertz CT molecular complexity index is 1370. The zero-order valence-corrected chi connectivity index (χ0v) is 17.5. The number of hydrogen-bond acceptors (Lipinski definition) is 4. The van der Waals surface area contributed by atoms with E-state index in [1.807, 2.05) is 30.3 Å². The molecule has 4 aromatic rings. The average Bonchev–Trinajstić information content (AvgIpc) is 3.01. The predicted octanol–water partition coefficient (Wildman–Crippen LogP) is 4.90. The predicted molar refractivity (Wildman–Crippen MR) is 117 cm³/mol. The van der Waals surface area contributed by atoms with E-state index in [2.05, 4.69) is 37.1 Å². The maximum absolute atomic E-state index is 12.5. The van der Waals surface area contributed by atoms with Gasteiger partial charge >= 0.3 is 0 Å². The van der Waals surface area contributed by atoms with Crippen LogP contribution in [0, 0.1) is 18.3 Å². The van der Waals surface area contributed by atoms with Crippen molar-refractivity contribution in [2.45, 2.75) is 6.92 Å². The molecule has 0 radical (unpaired) electrons. The van der Waals surface area contributed by atoms with Crippen molar-refractivity contribution in [2.75, 3.05) is 0 Å². The fourth-order valence-electron chi connectivity index (χ4n) is 2.95. The highest BCUT2D eigenvalue weighted by atomic mass is 79.9. The van der Waals surface area contributed by atoms with Gasteiger partial charge in [0.05, 0.1) is 27.9 Å². The molecule has 0 amide bonds. The third-order valence-corrected chi connectivity index (χ3v) is 5.24. The Kier molecular flexibility index (Phi) is 5.05. The average molecular weight is 467 g/mol. The molecule has 2 aromatic carbocycles. The number of allylic oxidation sites excluding steroid dienone is 1. The fourth-order valence-corrected chi connectivity index (χ4v) is 3.64. The number of nitriles is 1. The van der Waals surface area contributed by atoms with Crippen LogP contribution in [-0.4, -0.2) is 19.7 Å². The quantitative estimate of drug-likeness (QED) is 0.435. The molecule has 0 atom stereocenters. The van der Waals surface area contributed by atoms with E-state index in [0.717, 1.165) is 10.2 Å². The van der Waals surface area contributed by atoms with Crippen molar-refractivity contribution in [1.82, 2.24) is 19.7 Å². The molecule has 0 fully saturated rings. The third kappa shape index (κ3) is 3.60. The Balaban J connectivity index is 1.85. The lowest BCUT2D eigenvalue weighted by atomic mass is 10.1. The third-order valence-electron chi connectivity index (χ3n) is 4.38. The van der Waals surface area contributed by atoms with Crippen molar-refractivity contribution < 1.29 is 0 Å². The van der Waals surface area contributed by atoms with E-state index in [-0.39, 0.29) is 17.0 Å². The number of halogens is 2. The molecule has 142 valence electrons. The zero-order valence-electron chi connectivity index (χ0n) is 15.1. The monoisotopic (exact) mass is 465 g/mol. The van der Waals surface area contributed by atoms with Crippen LogP contribution in [-0.2, 0) is 0 Å². The minimum absolute atomic E-state index is 0.176. The second kappa shape index (κ2) is 7.66. The molecular formula is C21H13BrClN5O. The van der Waals surface area contributed by atoms with Crippen LogP contribution >= 0.6 is 27.5 Å². The number of H-pyrrole nitrogens is 1. The lowest BCUT2D eigenvalue weighted by Crippen LogP contribution is -2.11. The first-order valence-electron chi connectivity index (χ1n) is 8.60. The Hall–Kier alpha value is -3.21. The maximum Gasteiger partial charge on any atom is 0.259 e. The molecule has 0 saturated heterocycles. The van der Waals surface area contributed by atoms with Crippen molar-refractivity contribution in [3.8, 4) is 11.8 Å². The van der Waals surface area contributed by atoms with Crippen molar-refractivity contribution >= 4 is 50.1 Å². The van der Waals surface area contributed by atoms with E-state index in [9.17, 15) is 10.1 Å². The summed E-state index contributed by atoms with van der Waals surface area (Å²) in [5.41, 5.74) is 2.40. The number of nitrogens with zero attached hydrogens (tertiary/aromatic N) is 4. The van der Waals surface area contributed by atoms with Crippen LogP contribution in [0.25, 0.3) is 28.2 Å². The molecular weight excluding hydrogens is 454 g/mol. The summed E-state index contributed by atoms with van der Waals surface area (Å²) in [4.78, 5) is 19.6.